The lowest BCUT2D eigenvalue weighted by atomic mass is 10.3. The van der Waals surface area contributed by atoms with Gasteiger partial charge in [0.2, 0.25) is 5.82 Å². The number of thiophene rings is 1. The average molecular weight is 293 g/mol. The van der Waals surface area contributed by atoms with Gasteiger partial charge < -0.3 is 10.3 Å². The molecule has 0 spiro atoms. The molecule has 0 aliphatic rings. The van der Waals surface area contributed by atoms with Crippen molar-refractivity contribution >= 4 is 27.9 Å². The molecule has 0 atom stereocenters. The van der Waals surface area contributed by atoms with E-state index >= 15 is 0 Å². The fourth-order valence-corrected chi connectivity index (χ4v) is 2.54. The summed E-state index contributed by atoms with van der Waals surface area (Å²) in [6, 6.07) is 5.38. The number of aromatic nitrogens is 3. The lowest BCUT2D eigenvalue weighted by Gasteiger charge is -1.92. The highest BCUT2D eigenvalue weighted by Crippen LogP contribution is 2.33. The van der Waals surface area contributed by atoms with Crippen LogP contribution in [-0.2, 0) is 0 Å². The Balaban J connectivity index is 1.99. The smallest absolute Gasteiger partial charge is 0.261 e. The molecule has 0 unspecified atom stereocenters. The molecule has 96 valence electrons. The van der Waals surface area contributed by atoms with Gasteiger partial charge in [-0.1, -0.05) is 16.8 Å². The van der Waals surface area contributed by atoms with Gasteiger partial charge in [0.25, 0.3) is 5.89 Å². The Morgan fingerprint density at radius 3 is 2.84 bits per heavy atom. The van der Waals surface area contributed by atoms with E-state index in [1.54, 1.807) is 12.1 Å². The Hall–Kier alpha value is -1.92. The molecule has 3 aromatic heterocycles. The Kier molecular flexibility index (Phi) is 2.96. The number of nitrogens with two attached hydrogens (primary N) is 1. The Labute approximate surface area is 118 Å². The fraction of sp³-hybridized carbons (Fsp3) is 0.0833. The van der Waals surface area contributed by atoms with Gasteiger partial charge in [0, 0.05) is 11.1 Å². The van der Waals surface area contributed by atoms with E-state index in [9.17, 15) is 0 Å². The third-order valence-electron chi connectivity index (χ3n) is 2.50. The van der Waals surface area contributed by atoms with Gasteiger partial charge in [-0.2, -0.15) is 4.98 Å². The summed E-state index contributed by atoms with van der Waals surface area (Å²) in [6.07, 6.45) is 1.54. The molecule has 2 N–H and O–H groups in total. The zero-order valence-electron chi connectivity index (χ0n) is 9.92. The Morgan fingerprint density at radius 1 is 1.37 bits per heavy atom. The highest BCUT2D eigenvalue weighted by Gasteiger charge is 2.15. The number of nitrogen functional groups attached to an aromatic ring is 1. The van der Waals surface area contributed by atoms with Crippen LogP contribution in [0.3, 0.4) is 0 Å². The van der Waals surface area contributed by atoms with Crippen LogP contribution < -0.4 is 5.73 Å². The lowest BCUT2D eigenvalue weighted by Crippen LogP contribution is -1.86. The monoisotopic (exact) mass is 292 g/mol. The van der Waals surface area contributed by atoms with E-state index in [2.05, 4.69) is 15.1 Å². The summed E-state index contributed by atoms with van der Waals surface area (Å²) in [5, 5.41) is 5.12. The van der Waals surface area contributed by atoms with Crippen molar-refractivity contribution < 1.29 is 4.52 Å². The minimum absolute atomic E-state index is 0.397. The van der Waals surface area contributed by atoms with Gasteiger partial charge in [0.1, 0.15) is 5.69 Å². The van der Waals surface area contributed by atoms with E-state index in [4.69, 9.17) is 21.9 Å². The van der Waals surface area contributed by atoms with E-state index < -0.39 is 0 Å². The zero-order valence-corrected chi connectivity index (χ0v) is 11.5. The minimum Gasteiger partial charge on any atom is -0.390 e. The van der Waals surface area contributed by atoms with Crippen LogP contribution in [-0.4, -0.2) is 15.1 Å². The molecule has 0 aliphatic carbocycles. The fourth-order valence-electron chi connectivity index (χ4n) is 1.64. The van der Waals surface area contributed by atoms with Crippen molar-refractivity contribution in [3.05, 3.63) is 34.3 Å². The highest BCUT2D eigenvalue weighted by atomic mass is 35.5. The molecule has 7 heteroatoms. The third kappa shape index (κ3) is 2.32. The first-order valence-corrected chi connectivity index (χ1v) is 6.65. The molecule has 19 heavy (non-hydrogen) atoms. The standard InChI is InChI=1S/C12H9ClN4OS/c1-6-4-8(10(14)19-6)12-16-11(17-18-12)9-3-2-7(13)5-15-9/h2-5H,14H2,1H3. The van der Waals surface area contributed by atoms with Crippen LogP contribution in [0.25, 0.3) is 23.0 Å². The molecule has 5 nitrogen and oxygen atoms in total. The summed E-state index contributed by atoms with van der Waals surface area (Å²) < 4.78 is 5.22. The van der Waals surface area contributed by atoms with Gasteiger partial charge in [-0.15, -0.1) is 11.3 Å². The highest BCUT2D eigenvalue weighted by molar-refractivity contribution is 7.16. The predicted octanol–water partition coefficient (Wildman–Crippen LogP) is 3.40. The van der Waals surface area contributed by atoms with E-state index in [-0.39, 0.29) is 0 Å². The quantitative estimate of drug-likeness (QED) is 0.783. The van der Waals surface area contributed by atoms with Crippen LogP contribution >= 0.6 is 22.9 Å². The number of hydrogen-bond donors (Lipinski definition) is 1. The average Bonchev–Trinajstić information content (AvgIpc) is 2.97. The molecule has 3 rings (SSSR count). The summed E-state index contributed by atoms with van der Waals surface area (Å²) >= 11 is 7.27. The second-order valence-corrected chi connectivity index (χ2v) is 5.64. The topological polar surface area (TPSA) is 77.8 Å². The van der Waals surface area contributed by atoms with E-state index in [0.717, 1.165) is 10.4 Å². The molecule has 3 aromatic rings. The van der Waals surface area contributed by atoms with Crippen LogP contribution in [0.5, 0.6) is 0 Å². The van der Waals surface area contributed by atoms with Gasteiger partial charge >= 0.3 is 0 Å². The number of anilines is 1. The maximum atomic E-state index is 5.90. The summed E-state index contributed by atoms with van der Waals surface area (Å²) in [4.78, 5) is 9.53. The molecular formula is C12H9ClN4OS. The van der Waals surface area contributed by atoms with Crippen molar-refractivity contribution in [3.63, 3.8) is 0 Å². The maximum absolute atomic E-state index is 5.90. The van der Waals surface area contributed by atoms with Crippen LogP contribution in [0, 0.1) is 6.92 Å². The van der Waals surface area contributed by atoms with Crippen LogP contribution in [0.1, 0.15) is 4.88 Å². The van der Waals surface area contributed by atoms with Crippen LogP contribution in [0.2, 0.25) is 5.02 Å². The first-order chi connectivity index (χ1) is 9.13. The number of halogens is 1. The van der Waals surface area contributed by atoms with Crippen molar-refractivity contribution in [2.75, 3.05) is 5.73 Å². The van der Waals surface area contributed by atoms with Crippen molar-refractivity contribution in [3.8, 4) is 23.0 Å². The summed E-state index contributed by atoms with van der Waals surface area (Å²) in [5.74, 6) is 0.809. The molecule has 0 bridgehead atoms. The zero-order chi connectivity index (χ0) is 13.4. The number of rotatable bonds is 2. The largest absolute Gasteiger partial charge is 0.390 e. The van der Waals surface area contributed by atoms with Crippen molar-refractivity contribution in [1.29, 1.82) is 0 Å². The maximum Gasteiger partial charge on any atom is 0.261 e. The van der Waals surface area contributed by atoms with Crippen LogP contribution in [0.4, 0.5) is 5.00 Å². The second kappa shape index (κ2) is 4.64. The van der Waals surface area contributed by atoms with Crippen molar-refractivity contribution in [2.45, 2.75) is 6.92 Å². The Bertz CT molecular complexity index is 720. The van der Waals surface area contributed by atoms with Gasteiger partial charge in [0.05, 0.1) is 15.6 Å². The summed E-state index contributed by atoms with van der Waals surface area (Å²) in [6.45, 7) is 1.97. The number of pyridine rings is 1. The number of hydrogen-bond acceptors (Lipinski definition) is 6. The molecule has 0 radical (unpaired) electrons. The predicted molar refractivity (Wildman–Crippen MR) is 75.0 cm³/mol. The van der Waals surface area contributed by atoms with Gasteiger partial charge in [-0.3, -0.25) is 4.98 Å². The minimum atomic E-state index is 0.397. The van der Waals surface area contributed by atoms with E-state index in [1.165, 1.54) is 17.5 Å². The normalized spacial score (nSPS) is 10.8. The molecular weight excluding hydrogens is 284 g/mol. The summed E-state index contributed by atoms with van der Waals surface area (Å²) in [7, 11) is 0. The van der Waals surface area contributed by atoms with Gasteiger partial charge in [-0.05, 0) is 25.1 Å². The van der Waals surface area contributed by atoms with Crippen LogP contribution in [0.15, 0.2) is 28.9 Å². The molecule has 0 fully saturated rings. The molecule has 3 heterocycles. The lowest BCUT2D eigenvalue weighted by molar-refractivity contribution is 0.432. The first kappa shape index (κ1) is 12.1. The molecule has 0 saturated carbocycles. The summed E-state index contributed by atoms with van der Waals surface area (Å²) in [5.41, 5.74) is 7.26. The van der Waals surface area contributed by atoms with Crippen molar-refractivity contribution in [2.24, 2.45) is 0 Å². The molecule has 0 saturated heterocycles. The Morgan fingerprint density at radius 2 is 2.21 bits per heavy atom. The van der Waals surface area contributed by atoms with E-state index in [1.807, 2.05) is 13.0 Å². The second-order valence-electron chi connectivity index (χ2n) is 3.92. The molecule has 0 amide bonds. The van der Waals surface area contributed by atoms with Gasteiger partial charge in [-0.25, -0.2) is 0 Å². The number of nitrogens with zero attached hydrogens (tertiary/aromatic N) is 3. The van der Waals surface area contributed by atoms with Crippen molar-refractivity contribution in [1.82, 2.24) is 15.1 Å². The molecule has 0 aromatic carbocycles. The van der Waals surface area contributed by atoms with E-state index in [0.29, 0.717) is 27.4 Å². The third-order valence-corrected chi connectivity index (χ3v) is 3.60. The molecule has 0 aliphatic heterocycles. The van der Waals surface area contributed by atoms with Gasteiger partial charge in [0.15, 0.2) is 0 Å². The first-order valence-electron chi connectivity index (χ1n) is 5.45. The SMILES string of the molecule is Cc1cc(-c2nc(-c3ccc(Cl)cn3)no2)c(N)s1. The number of aryl methyl sites for hydroxylation is 1.